The van der Waals surface area contributed by atoms with Gasteiger partial charge < -0.3 is 0 Å². The lowest BCUT2D eigenvalue weighted by Crippen LogP contribution is -2.01. The molecule has 0 spiro atoms. The molecule has 0 atom stereocenters. The number of fused-ring (bicyclic) bond motifs is 1. The maximum atomic E-state index is 6.21. The van der Waals surface area contributed by atoms with Crippen LogP contribution in [-0.4, -0.2) is 9.97 Å². The number of rotatable bonds is 4. The van der Waals surface area contributed by atoms with Crippen LogP contribution in [0.15, 0.2) is 72.8 Å². The highest BCUT2D eigenvalue weighted by atomic mass is 35.5. The van der Waals surface area contributed by atoms with E-state index in [1.54, 1.807) is 0 Å². The van der Waals surface area contributed by atoms with Crippen molar-refractivity contribution in [1.82, 2.24) is 9.97 Å². The van der Waals surface area contributed by atoms with Gasteiger partial charge in [0.05, 0.1) is 11.2 Å². The van der Waals surface area contributed by atoms with Gasteiger partial charge in [0.2, 0.25) is 5.28 Å². The Morgan fingerprint density at radius 1 is 0.769 bits per heavy atom. The smallest absolute Gasteiger partial charge is 0.222 e. The Morgan fingerprint density at radius 2 is 1.54 bits per heavy atom. The van der Waals surface area contributed by atoms with E-state index in [1.165, 1.54) is 16.7 Å². The van der Waals surface area contributed by atoms with Gasteiger partial charge in [-0.25, -0.2) is 9.97 Å². The Balaban J connectivity index is 1.82. The molecule has 0 unspecified atom stereocenters. The minimum atomic E-state index is 0.308. The molecule has 0 amide bonds. The van der Waals surface area contributed by atoms with E-state index in [2.05, 4.69) is 71.5 Å². The molecule has 0 radical (unpaired) electrons. The molecule has 3 aromatic carbocycles. The van der Waals surface area contributed by atoms with Crippen LogP contribution >= 0.6 is 11.6 Å². The zero-order valence-electron chi connectivity index (χ0n) is 14.6. The Morgan fingerprint density at radius 3 is 2.35 bits per heavy atom. The Hall–Kier alpha value is -2.71. The SMILES string of the molecule is Cc1ccccc1CCc1nc(Cl)nc2cccc(-c3ccccc3)c12. The fourth-order valence-corrected chi connectivity index (χ4v) is 3.60. The summed E-state index contributed by atoms with van der Waals surface area (Å²) in [5.74, 6) is 0. The van der Waals surface area contributed by atoms with Crippen molar-refractivity contribution in [3.63, 3.8) is 0 Å². The number of nitrogens with zero attached hydrogens (tertiary/aromatic N) is 2. The van der Waals surface area contributed by atoms with Gasteiger partial charge in [0.1, 0.15) is 0 Å². The quantitative estimate of drug-likeness (QED) is 0.415. The summed E-state index contributed by atoms with van der Waals surface area (Å²) in [7, 11) is 0. The van der Waals surface area contributed by atoms with E-state index < -0.39 is 0 Å². The molecule has 1 heterocycles. The zero-order chi connectivity index (χ0) is 17.9. The molecule has 0 aliphatic carbocycles. The van der Waals surface area contributed by atoms with Crippen molar-refractivity contribution >= 4 is 22.5 Å². The lowest BCUT2D eigenvalue weighted by molar-refractivity contribution is 0.910. The summed E-state index contributed by atoms with van der Waals surface area (Å²) < 4.78 is 0. The summed E-state index contributed by atoms with van der Waals surface area (Å²) in [6, 6.07) is 25.0. The van der Waals surface area contributed by atoms with Crippen molar-refractivity contribution in [2.24, 2.45) is 0 Å². The monoisotopic (exact) mass is 358 g/mol. The van der Waals surface area contributed by atoms with Gasteiger partial charge in [0, 0.05) is 5.39 Å². The first-order valence-corrected chi connectivity index (χ1v) is 9.15. The van der Waals surface area contributed by atoms with Crippen LogP contribution in [-0.2, 0) is 12.8 Å². The van der Waals surface area contributed by atoms with Crippen molar-refractivity contribution in [1.29, 1.82) is 0 Å². The number of aryl methyl sites for hydroxylation is 3. The van der Waals surface area contributed by atoms with E-state index in [0.717, 1.165) is 35.0 Å². The second kappa shape index (κ2) is 7.27. The minimum Gasteiger partial charge on any atom is -0.222 e. The van der Waals surface area contributed by atoms with E-state index in [9.17, 15) is 0 Å². The maximum absolute atomic E-state index is 6.21. The summed E-state index contributed by atoms with van der Waals surface area (Å²) in [5, 5.41) is 1.40. The van der Waals surface area contributed by atoms with Gasteiger partial charge in [-0.2, -0.15) is 0 Å². The van der Waals surface area contributed by atoms with E-state index >= 15 is 0 Å². The van der Waals surface area contributed by atoms with E-state index in [0.29, 0.717) is 5.28 Å². The predicted molar refractivity (Wildman–Crippen MR) is 109 cm³/mol. The molecule has 0 fully saturated rings. The van der Waals surface area contributed by atoms with Gasteiger partial charge in [-0.1, -0.05) is 66.7 Å². The van der Waals surface area contributed by atoms with E-state index in [1.807, 2.05) is 18.2 Å². The highest BCUT2D eigenvalue weighted by Crippen LogP contribution is 2.31. The van der Waals surface area contributed by atoms with E-state index in [-0.39, 0.29) is 0 Å². The molecular formula is C23H19ClN2. The molecule has 1 aromatic heterocycles. The van der Waals surface area contributed by atoms with Gasteiger partial charge in [-0.3, -0.25) is 0 Å². The van der Waals surface area contributed by atoms with Gasteiger partial charge >= 0.3 is 0 Å². The summed E-state index contributed by atoms with van der Waals surface area (Å²) >= 11 is 6.21. The van der Waals surface area contributed by atoms with Crippen molar-refractivity contribution < 1.29 is 0 Å². The molecule has 4 rings (SSSR count). The van der Waals surface area contributed by atoms with Gasteiger partial charge in [0.25, 0.3) is 0 Å². The Kier molecular flexibility index (Phi) is 4.68. The first-order valence-electron chi connectivity index (χ1n) is 8.77. The summed E-state index contributed by atoms with van der Waals surface area (Å²) in [5.41, 5.74) is 6.86. The molecule has 128 valence electrons. The maximum Gasteiger partial charge on any atom is 0.223 e. The van der Waals surface area contributed by atoms with Gasteiger partial charge in [-0.05, 0) is 59.7 Å². The largest absolute Gasteiger partial charge is 0.223 e. The minimum absolute atomic E-state index is 0.308. The van der Waals surface area contributed by atoms with Crippen LogP contribution in [0.1, 0.15) is 16.8 Å². The molecule has 0 saturated carbocycles. The molecule has 0 N–H and O–H groups in total. The molecule has 0 saturated heterocycles. The normalized spacial score (nSPS) is 11.0. The molecule has 0 aliphatic rings. The lowest BCUT2D eigenvalue weighted by atomic mass is 9.96. The van der Waals surface area contributed by atoms with Crippen LogP contribution in [0, 0.1) is 6.92 Å². The highest BCUT2D eigenvalue weighted by molar-refractivity contribution is 6.28. The topological polar surface area (TPSA) is 25.8 Å². The Bertz CT molecular complexity index is 1060. The van der Waals surface area contributed by atoms with Crippen LogP contribution in [0.2, 0.25) is 5.28 Å². The molecule has 3 heteroatoms. The van der Waals surface area contributed by atoms with Crippen molar-refractivity contribution in [2.45, 2.75) is 19.8 Å². The molecule has 0 aliphatic heterocycles. The van der Waals surface area contributed by atoms with E-state index in [4.69, 9.17) is 11.6 Å². The first-order chi connectivity index (χ1) is 12.7. The fourth-order valence-electron chi connectivity index (χ4n) is 3.41. The van der Waals surface area contributed by atoms with Gasteiger partial charge in [-0.15, -0.1) is 0 Å². The molecule has 4 aromatic rings. The van der Waals surface area contributed by atoms with Crippen LogP contribution in [0.4, 0.5) is 0 Å². The number of hydrogen-bond acceptors (Lipinski definition) is 2. The highest BCUT2D eigenvalue weighted by Gasteiger charge is 2.13. The second-order valence-corrected chi connectivity index (χ2v) is 6.77. The van der Waals surface area contributed by atoms with Crippen LogP contribution < -0.4 is 0 Å². The lowest BCUT2D eigenvalue weighted by Gasteiger charge is -2.12. The number of benzene rings is 3. The molecule has 26 heavy (non-hydrogen) atoms. The Labute approximate surface area is 158 Å². The standard InChI is InChI=1S/C23H19ClN2/c1-16-8-5-6-9-17(16)14-15-21-22-19(18-10-3-2-4-11-18)12-7-13-20(22)25-23(24)26-21/h2-13H,14-15H2,1H3. The summed E-state index contributed by atoms with van der Waals surface area (Å²) in [6.45, 7) is 2.15. The average Bonchev–Trinajstić information content (AvgIpc) is 2.67. The first kappa shape index (κ1) is 16.7. The molecule has 0 bridgehead atoms. The molecule has 2 nitrogen and oxygen atoms in total. The van der Waals surface area contributed by atoms with Crippen LogP contribution in [0.3, 0.4) is 0 Å². The number of halogens is 1. The fraction of sp³-hybridized carbons (Fsp3) is 0.130. The second-order valence-electron chi connectivity index (χ2n) is 6.43. The predicted octanol–water partition coefficient (Wildman–Crippen LogP) is 6.04. The summed E-state index contributed by atoms with van der Waals surface area (Å²) in [6.07, 6.45) is 1.76. The van der Waals surface area contributed by atoms with Crippen molar-refractivity contribution in [2.75, 3.05) is 0 Å². The van der Waals surface area contributed by atoms with Crippen molar-refractivity contribution in [3.05, 3.63) is 94.9 Å². The summed E-state index contributed by atoms with van der Waals surface area (Å²) in [4.78, 5) is 9.04. The third kappa shape index (κ3) is 3.33. The zero-order valence-corrected chi connectivity index (χ0v) is 15.4. The average molecular weight is 359 g/mol. The van der Waals surface area contributed by atoms with Crippen LogP contribution in [0.5, 0.6) is 0 Å². The number of aromatic nitrogens is 2. The van der Waals surface area contributed by atoms with Crippen molar-refractivity contribution in [3.8, 4) is 11.1 Å². The van der Waals surface area contributed by atoms with Gasteiger partial charge in [0.15, 0.2) is 0 Å². The third-order valence-electron chi connectivity index (χ3n) is 4.75. The third-order valence-corrected chi connectivity index (χ3v) is 4.92. The van der Waals surface area contributed by atoms with Crippen LogP contribution in [0.25, 0.3) is 22.0 Å². The number of hydrogen-bond donors (Lipinski definition) is 0. The molecular weight excluding hydrogens is 340 g/mol.